The molecule has 0 radical (unpaired) electrons. The molecule has 106 valence electrons. The molecule has 0 amide bonds. The largest absolute Gasteiger partial charge is 0.383 e. The standard InChI is InChI=1S/C14H19N5O/c1-20-9-8-19-14(15-16-17-19)11-18-7-6-12-4-2-3-5-13(12)10-18/h2-5H,6-11H2,1H3. The number of rotatable bonds is 5. The minimum absolute atomic E-state index is 0.626. The first-order valence-corrected chi connectivity index (χ1v) is 6.90. The zero-order chi connectivity index (χ0) is 13.8. The summed E-state index contributed by atoms with van der Waals surface area (Å²) in [6, 6.07) is 8.63. The number of hydrogen-bond acceptors (Lipinski definition) is 5. The molecule has 0 saturated carbocycles. The summed E-state index contributed by atoms with van der Waals surface area (Å²) in [4.78, 5) is 2.39. The Kier molecular flexibility index (Phi) is 4.03. The number of aromatic nitrogens is 4. The van der Waals surface area contributed by atoms with E-state index in [9.17, 15) is 0 Å². The lowest BCUT2D eigenvalue weighted by molar-refractivity contribution is 0.177. The van der Waals surface area contributed by atoms with Crippen molar-refractivity contribution in [3.63, 3.8) is 0 Å². The summed E-state index contributed by atoms with van der Waals surface area (Å²) in [5.41, 5.74) is 2.87. The second-order valence-electron chi connectivity index (χ2n) is 5.04. The third-order valence-electron chi connectivity index (χ3n) is 3.69. The van der Waals surface area contributed by atoms with E-state index in [2.05, 4.69) is 44.7 Å². The van der Waals surface area contributed by atoms with Crippen LogP contribution in [0.4, 0.5) is 0 Å². The Morgan fingerprint density at radius 1 is 1.25 bits per heavy atom. The molecule has 1 aromatic carbocycles. The van der Waals surface area contributed by atoms with Gasteiger partial charge in [0.15, 0.2) is 5.82 Å². The van der Waals surface area contributed by atoms with Gasteiger partial charge < -0.3 is 4.74 Å². The Morgan fingerprint density at radius 2 is 2.10 bits per heavy atom. The van der Waals surface area contributed by atoms with E-state index in [1.54, 1.807) is 7.11 Å². The van der Waals surface area contributed by atoms with Crippen molar-refractivity contribution in [3.05, 3.63) is 41.2 Å². The van der Waals surface area contributed by atoms with Gasteiger partial charge in [-0.1, -0.05) is 24.3 Å². The van der Waals surface area contributed by atoms with Crippen molar-refractivity contribution in [1.29, 1.82) is 0 Å². The number of benzene rings is 1. The Hall–Kier alpha value is -1.79. The van der Waals surface area contributed by atoms with E-state index in [0.717, 1.165) is 31.9 Å². The summed E-state index contributed by atoms with van der Waals surface area (Å²) in [5.74, 6) is 0.904. The summed E-state index contributed by atoms with van der Waals surface area (Å²) >= 11 is 0. The van der Waals surface area contributed by atoms with E-state index < -0.39 is 0 Å². The van der Waals surface area contributed by atoms with Crippen LogP contribution in [0.5, 0.6) is 0 Å². The zero-order valence-corrected chi connectivity index (χ0v) is 11.7. The molecule has 0 bridgehead atoms. The normalized spacial score (nSPS) is 15.2. The molecule has 6 nitrogen and oxygen atoms in total. The molecule has 1 aliphatic heterocycles. The molecule has 0 atom stereocenters. The van der Waals surface area contributed by atoms with Gasteiger partial charge in [0.1, 0.15) is 0 Å². The lowest BCUT2D eigenvalue weighted by atomic mass is 10.00. The predicted molar refractivity (Wildman–Crippen MR) is 74.0 cm³/mol. The van der Waals surface area contributed by atoms with Gasteiger partial charge >= 0.3 is 0 Å². The molecule has 20 heavy (non-hydrogen) atoms. The van der Waals surface area contributed by atoms with E-state index in [1.807, 2.05) is 4.68 Å². The second kappa shape index (κ2) is 6.11. The highest BCUT2D eigenvalue weighted by Gasteiger charge is 2.18. The van der Waals surface area contributed by atoms with Crippen LogP contribution in [0.15, 0.2) is 24.3 Å². The van der Waals surface area contributed by atoms with Gasteiger partial charge in [-0.3, -0.25) is 4.90 Å². The Balaban J connectivity index is 1.66. The summed E-state index contributed by atoms with van der Waals surface area (Å²) in [6.45, 7) is 4.12. The molecule has 1 aliphatic rings. The highest BCUT2D eigenvalue weighted by Crippen LogP contribution is 2.19. The van der Waals surface area contributed by atoms with Gasteiger partial charge in [0.05, 0.1) is 19.7 Å². The minimum atomic E-state index is 0.626. The summed E-state index contributed by atoms with van der Waals surface area (Å²) < 4.78 is 6.90. The average molecular weight is 273 g/mol. The lowest BCUT2D eigenvalue weighted by Crippen LogP contribution is -2.31. The molecule has 2 heterocycles. The quantitative estimate of drug-likeness (QED) is 0.809. The lowest BCUT2D eigenvalue weighted by Gasteiger charge is -2.28. The maximum atomic E-state index is 5.08. The van der Waals surface area contributed by atoms with Crippen molar-refractivity contribution < 1.29 is 4.74 Å². The third kappa shape index (κ3) is 2.86. The van der Waals surface area contributed by atoms with E-state index in [4.69, 9.17) is 4.74 Å². The van der Waals surface area contributed by atoms with Crippen LogP contribution in [0.2, 0.25) is 0 Å². The number of fused-ring (bicyclic) bond motifs is 1. The second-order valence-corrected chi connectivity index (χ2v) is 5.04. The summed E-state index contributed by atoms with van der Waals surface area (Å²) in [7, 11) is 1.69. The fourth-order valence-corrected chi connectivity index (χ4v) is 2.58. The molecule has 1 aromatic heterocycles. The number of nitrogens with zero attached hydrogens (tertiary/aromatic N) is 5. The Labute approximate surface area is 118 Å². The molecule has 0 fully saturated rings. The molecular weight excluding hydrogens is 254 g/mol. The summed E-state index contributed by atoms with van der Waals surface area (Å²) in [6.07, 6.45) is 1.09. The van der Waals surface area contributed by atoms with Crippen LogP contribution in [0, 0.1) is 0 Å². The number of tetrazole rings is 1. The van der Waals surface area contributed by atoms with Crippen LogP contribution >= 0.6 is 0 Å². The van der Waals surface area contributed by atoms with Crippen molar-refractivity contribution in [3.8, 4) is 0 Å². The minimum Gasteiger partial charge on any atom is -0.383 e. The van der Waals surface area contributed by atoms with Crippen LogP contribution in [0.1, 0.15) is 17.0 Å². The fourth-order valence-electron chi connectivity index (χ4n) is 2.58. The third-order valence-corrected chi connectivity index (χ3v) is 3.69. The van der Waals surface area contributed by atoms with Gasteiger partial charge in [0.2, 0.25) is 0 Å². The van der Waals surface area contributed by atoms with Crippen molar-refractivity contribution >= 4 is 0 Å². The summed E-state index contributed by atoms with van der Waals surface area (Å²) in [5, 5.41) is 11.9. The molecule has 0 N–H and O–H groups in total. The molecule has 6 heteroatoms. The van der Waals surface area contributed by atoms with Crippen molar-refractivity contribution in [2.75, 3.05) is 20.3 Å². The van der Waals surface area contributed by atoms with Crippen molar-refractivity contribution in [2.24, 2.45) is 0 Å². The molecule has 3 rings (SSSR count). The maximum Gasteiger partial charge on any atom is 0.165 e. The smallest absolute Gasteiger partial charge is 0.165 e. The van der Waals surface area contributed by atoms with E-state index in [1.165, 1.54) is 11.1 Å². The van der Waals surface area contributed by atoms with Crippen LogP contribution in [0.25, 0.3) is 0 Å². The van der Waals surface area contributed by atoms with E-state index >= 15 is 0 Å². The first kappa shape index (κ1) is 13.2. The SMILES string of the molecule is COCCn1nnnc1CN1CCc2ccccc2C1. The molecule has 2 aromatic rings. The van der Waals surface area contributed by atoms with Crippen molar-refractivity contribution in [1.82, 2.24) is 25.1 Å². The van der Waals surface area contributed by atoms with Crippen LogP contribution < -0.4 is 0 Å². The van der Waals surface area contributed by atoms with E-state index in [0.29, 0.717) is 13.2 Å². The highest BCUT2D eigenvalue weighted by atomic mass is 16.5. The number of ether oxygens (including phenoxy) is 1. The zero-order valence-electron chi connectivity index (χ0n) is 11.7. The number of methoxy groups -OCH3 is 1. The first-order chi connectivity index (χ1) is 9.86. The highest BCUT2D eigenvalue weighted by molar-refractivity contribution is 5.29. The van der Waals surface area contributed by atoms with E-state index in [-0.39, 0.29) is 0 Å². The molecule has 0 spiro atoms. The molecule has 0 unspecified atom stereocenters. The maximum absolute atomic E-state index is 5.08. The fraction of sp³-hybridized carbons (Fsp3) is 0.500. The Bertz CT molecular complexity index is 568. The average Bonchev–Trinajstić information content (AvgIpc) is 2.92. The molecule has 0 aliphatic carbocycles. The molecular formula is C14H19N5O. The van der Waals surface area contributed by atoms with Crippen LogP contribution in [-0.4, -0.2) is 45.4 Å². The van der Waals surface area contributed by atoms with Gasteiger partial charge in [0.25, 0.3) is 0 Å². The number of hydrogen-bond donors (Lipinski definition) is 0. The predicted octanol–water partition coefficient (Wildman–Crippen LogP) is 0.878. The topological polar surface area (TPSA) is 56.1 Å². The first-order valence-electron chi connectivity index (χ1n) is 6.90. The van der Waals surface area contributed by atoms with Gasteiger partial charge in [-0.25, -0.2) is 4.68 Å². The van der Waals surface area contributed by atoms with Gasteiger partial charge in [0, 0.05) is 20.2 Å². The van der Waals surface area contributed by atoms with Gasteiger partial charge in [-0.2, -0.15) is 0 Å². The van der Waals surface area contributed by atoms with Crippen LogP contribution in [-0.2, 0) is 30.8 Å². The Morgan fingerprint density at radius 3 is 2.95 bits per heavy atom. The monoisotopic (exact) mass is 273 g/mol. The van der Waals surface area contributed by atoms with Gasteiger partial charge in [-0.15, -0.1) is 5.10 Å². The van der Waals surface area contributed by atoms with Crippen LogP contribution in [0.3, 0.4) is 0 Å². The molecule has 0 saturated heterocycles. The van der Waals surface area contributed by atoms with Gasteiger partial charge in [-0.05, 0) is 28.0 Å². The van der Waals surface area contributed by atoms with Crippen molar-refractivity contribution in [2.45, 2.75) is 26.1 Å².